The lowest BCUT2D eigenvalue weighted by atomic mass is 10.1. The molecule has 1 atom stereocenters. The van der Waals surface area contributed by atoms with Crippen molar-refractivity contribution in [1.82, 2.24) is 5.32 Å². The minimum atomic E-state index is 0.784. The lowest BCUT2D eigenvalue weighted by Crippen LogP contribution is -2.33. The molecule has 0 bridgehead atoms. The molecule has 1 aliphatic rings. The molecule has 1 aliphatic heterocycles. The minimum absolute atomic E-state index is 0.784. The van der Waals surface area contributed by atoms with Crippen LogP contribution in [0, 0.1) is 0 Å². The van der Waals surface area contributed by atoms with Crippen LogP contribution in [-0.4, -0.2) is 23.6 Å². The van der Waals surface area contributed by atoms with E-state index in [0.29, 0.717) is 0 Å². The lowest BCUT2D eigenvalue weighted by molar-refractivity contribution is 0.442. The molecular formula is C12H25NS. The molecule has 0 aromatic carbocycles. The Morgan fingerprint density at radius 2 is 2.00 bits per heavy atom. The van der Waals surface area contributed by atoms with E-state index in [-0.39, 0.29) is 0 Å². The predicted molar refractivity (Wildman–Crippen MR) is 67.1 cm³/mol. The fourth-order valence-electron chi connectivity index (χ4n) is 2.15. The quantitative estimate of drug-likeness (QED) is 0.698. The maximum atomic E-state index is 3.74. The summed E-state index contributed by atoms with van der Waals surface area (Å²) >= 11 is 2.16. The molecule has 1 nitrogen and oxygen atoms in total. The summed E-state index contributed by atoms with van der Waals surface area (Å²) in [6.07, 6.45) is 8.20. The molecule has 0 aliphatic carbocycles. The third kappa shape index (κ3) is 4.70. The van der Waals surface area contributed by atoms with Crippen molar-refractivity contribution in [3.05, 3.63) is 0 Å². The topological polar surface area (TPSA) is 12.0 Å². The summed E-state index contributed by atoms with van der Waals surface area (Å²) in [4.78, 5) is 0. The zero-order valence-electron chi connectivity index (χ0n) is 9.72. The van der Waals surface area contributed by atoms with E-state index in [1.54, 1.807) is 0 Å². The van der Waals surface area contributed by atoms with Crippen LogP contribution in [0.2, 0.25) is 0 Å². The largest absolute Gasteiger partial charge is 0.313 e. The molecule has 0 amide bonds. The SMILES string of the molecule is CCCC(CCC)NCC1CCCS1. The van der Waals surface area contributed by atoms with Crippen molar-refractivity contribution in [2.45, 2.75) is 63.7 Å². The van der Waals surface area contributed by atoms with Crippen molar-refractivity contribution in [1.29, 1.82) is 0 Å². The summed E-state index contributed by atoms with van der Waals surface area (Å²) in [5.41, 5.74) is 0. The molecular weight excluding hydrogens is 190 g/mol. The van der Waals surface area contributed by atoms with Crippen molar-refractivity contribution in [2.24, 2.45) is 0 Å². The second-order valence-electron chi connectivity index (χ2n) is 4.32. The molecule has 0 aromatic rings. The van der Waals surface area contributed by atoms with Gasteiger partial charge >= 0.3 is 0 Å². The van der Waals surface area contributed by atoms with E-state index in [2.05, 4.69) is 30.9 Å². The van der Waals surface area contributed by atoms with Crippen LogP contribution in [0.15, 0.2) is 0 Å². The Morgan fingerprint density at radius 3 is 2.50 bits per heavy atom. The van der Waals surface area contributed by atoms with E-state index < -0.39 is 0 Å². The number of rotatable bonds is 7. The Balaban J connectivity index is 2.10. The van der Waals surface area contributed by atoms with Crippen LogP contribution in [0.5, 0.6) is 0 Å². The van der Waals surface area contributed by atoms with E-state index >= 15 is 0 Å². The average molecular weight is 215 g/mol. The van der Waals surface area contributed by atoms with Crippen LogP contribution in [0.1, 0.15) is 52.4 Å². The first-order chi connectivity index (χ1) is 6.86. The highest BCUT2D eigenvalue weighted by Gasteiger charge is 2.16. The van der Waals surface area contributed by atoms with Gasteiger partial charge in [-0.05, 0) is 31.4 Å². The molecule has 14 heavy (non-hydrogen) atoms. The highest BCUT2D eigenvalue weighted by molar-refractivity contribution is 8.00. The van der Waals surface area contributed by atoms with E-state index in [1.165, 1.54) is 50.8 Å². The van der Waals surface area contributed by atoms with Crippen molar-refractivity contribution in [3.8, 4) is 0 Å². The van der Waals surface area contributed by atoms with Gasteiger partial charge in [-0.2, -0.15) is 11.8 Å². The number of hydrogen-bond donors (Lipinski definition) is 1. The van der Waals surface area contributed by atoms with Crippen LogP contribution < -0.4 is 5.32 Å². The Bertz CT molecular complexity index is 126. The normalized spacial score (nSPS) is 22.1. The Kier molecular flexibility index (Phi) is 6.70. The van der Waals surface area contributed by atoms with Crippen molar-refractivity contribution in [3.63, 3.8) is 0 Å². The van der Waals surface area contributed by atoms with Gasteiger partial charge in [-0.1, -0.05) is 26.7 Å². The molecule has 1 unspecified atom stereocenters. The fraction of sp³-hybridized carbons (Fsp3) is 1.00. The second kappa shape index (κ2) is 7.58. The van der Waals surface area contributed by atoms with Crippen molar-refractivity contribution < 1.29 is 0 Å². The summed E-state index contributed by atoms with van der Waals surface area (Å²) in [6, 6.07) is 0.784. The van der Waals surface area contributed by atoms with E-state index in [0.717, 1.165) is 11.3 Å². The third-order valence-corrected chi connectivity index (χ3v) is 4.33. The van der Waals surface area contributed by atoms with E-state index in [9.17, 15) is 0 Å². The second-order valence-corrected chi connectivity index (χ2v) is 5.73. The first-order valence-electron chi connectivity index (χ1n) is 6.21. The zero-order valence-corrected chi connectivity index (χ0v) is 10.5. The van der Waals surface area contributed by atoms with Crippen LogP contribution in [-0.2, 0) is 0 Å². The molecule has 1 rings (SSSR count). The molecule has 1 N–H and O–H groups in total. The van der Waals surface area contributed by atoms with Crippen LogP contribution in [0.25, 0.3) is 0 Å². The number of thioether (sulfide) groups is 1. The monoisotopic (exact) mass is 215 g/mol. The summed E-state index contributed by atoms with van der Waals surface area (Å²) < 4.78 is 0. The maximum Gasteiger partial charge on any atom is 0.0172 e. The van der Waals surface area contributed by atoms with Crippen molar-refractivity contribution >= 4 is 11.8 Å². The smallest absolute Gasteiger partial charge is 0.0172 e. The summed E-state index contributed by atoms with van der Waals surface area (Å²) in [5, 5.41) is 4.65. The van der Waals surface area contributed by atoms with Gasteiger partial charge in [0.1, 0.15) is 0 Å². The van der Waals surface area contributed by atoms with Crippen LogP contribution in [0.3, 0.4) is 0 Å². The molecule has 1 fully saturated rings. The highest BCUT2D eigenvalue weighted by atomic mass is 32.2. The van der Waals surface area contributed by atoms with E-state index in [1.807, 2.05) is 0 Å². The molecule has 0 saturated carbocycles. The third-order valence-electron chi connectivity index (χ3n) is 2.93. The predicted octanol–water partition coefficient (Wildman–Crippen LogP) is 3.44. The standard InChI is InChI=1S/C12H25NS/c1-3-6-11(7-4-2)13-10-12-8-5-9-14-12/h11-13H,3-10H2,1-2H3. The van der Waals surface area contributed by atoms with Gasteiger partial charge in [0, 0.05) is 17.8 Å². The van der Waals surface area contributed by atoms with E-state index in [4.69, 9.17) is 0 Å². The molecule has 0 aromatic heterocycles. The average Bonchev–Trinajstić information content (AvgIpc) is 2.67. The maximum absolute atomic E-state index is 3.74. The van der Waals surface area contributed by atoms with Gasteiger partial charge in [0.25, 0.3) is 0 Å². The Labute approximate surface area is 93.4 Å². The molecule has 1 heterocycles. The summed E-state index contributed by atoms with van der Waals surface area (Å²) in [5.74, 6) is 1.39. The van der Waals surface area contributed by atoms with Gasteiger partial charge in [0.05, 0.1) is 0 Å². The lowest BCUT2D eigenvalue weighted by Gasteiger charge is -2.19. The highest BCUT2D eigenvalue weighted by Crippen LogP contribution is 2.25. The molecule has 1 saturated heterocycles. The summed E-state index contributed by atoms with van der Waals surface area (Å²) in [6.45, 7) is 5.82. The first-order valence-corrected chi connectivity index (χ1v) is 7.26. The van der Waals surface area contributed by atoms with Gasteiger partial charge in [-0.25, -0.2) is 0 Å². The molecule has 84 valence electrons. The van der Waals surface area contributed by atoms with Crippen LogP contribution in [0.4, 0.5) is 0 Å². The van der Waals surface area contributed by atoms with Gasteiger partial charge in [0.2, 0.25) is 0 Å². The molecule has 0 radical (unpaired) electrons. The number of hydrogen-bond acceptors (Lipinski definition) is 2. The van der Waals surface area contributed by atoms with Gasteiger partial charge in [-0.3, -0.25) is 0 Å². The fourth-order valence-corrected chi connectivity index (χ4v) is 3.36. The van der Waals surface area contributed by atoms with Crippen molar-refractivity contribution in [2.75, 3.05) is 12.3 Å². The van der Waals surface area contributed by atoms with Gasteiger partial charge in [0.15, 0.2) is 0 Å². The molecule has 2 heteroatoms. The zero-order chi connectivity index (χ0) is 10.2. The number of nitrogens with one attached hydrogen (secondary N) is 1. The Hall–Kier alpha value is 0.310. The van der Waals surface area contributed by atoms with Crippen LogP contribution >= 0.6 is 11.8 Å². The summed E-state index contributed by atoms with van der Waals surface area (Å²) in [7, 11) is 0. The Morgan fingerprint density at radius 1 is 1.29 bits per heavy atom. The first kappa shape index (κ1) is 12.4. The van der Waals surface area contributed by atoms with Gasteiger partial charge in [-0.15, -0.1) is 0 Å². The molecule has 0 spiro atoms. The van der Waals surface area contributed by atoms with Gasteiger partial charge < -0.3 is 5.32 Å². The minimum Gasteiger partial charge on any atom is -0.313 e.